The molecule has 2 N–H and O–H groups in total. The molecule has 0 bridgehead atoms. The molecule has 1 aromatic heterocycles. The van der Waals surface area contributed by atoms with E-state index in [4.69, 9.17) is 9.52 Å². The van der Waals surface area contributed by atoms with Gasteiger partial charge in [-0.3, -0.25) is 9.59 Å². The van der Waals surface area contributed by atoms with Gasteiger partial charge in [0.05, 0.1) is 12.1 Å². The van der Waals surface area contributed by atoms with Crippen LogP contribution in [0.3, 0.4) is 0 Å². The third-order valence-electron chi connectivity index (χ3n) is 4.03. The van der Waals surface area contributed by atoms with Crippen molar-refractivity contribution in [2.45, 2.75) is 31.7 Å². The smallest absolute Gasteiger partial charge is 0.306 e. The highest BCUT2D eigenvalue weighted by Crippen LogP contribution is 2.27. The molecule has 6 heteroatoms. The van der Waals surface area contributed by atoms with Gasteiger partial charge in [-0.1, -0.05) is 30.3 Å². The maximum atomic E-state index is 11.8. The lowest BCUT2D eigenvalue weighted by atomic mass is 9.80. The van der Waals surface area contributed by atoms with Gasteiger partial charge in [-0.25, -0.2) is 4.98 Å². The number of nitrogens with one attached hydrogen (secondary N) is 1. The van der Waals surface area contributed by atoms with Crippen molar-refractivity contribution in [1.82, 2.24) is 10.3 Å². The van der Waals surface area contributed by atoms with E-state index in [0.29, 0.717) is 30.9 Å². The van der Waals surface area contributed by atoms with Crippen LogP contribution in [0.15, 0.2) is 40.9 Å². The molecule has 3 rings (SSSR count). The standard InChI is InChI=1S/C17H18N2O4/c20-15(19-13-8-12(9-13)17(21)22)6-7-16-18-10-14(23-16)11-4-2-1-3-5-11/h1-5,10,12-13H,6-9H2,(H,19,20)(H,21,22). The highest BCUT2D eigenvalue weighted by Gasteiger charge is 2.35. The molecular weight excluding hydrogens is 296 g/mol. The molecular formula is C17H18N2O4. The van der Waals surface area contributed by atoms with Crippen molar-refractivity contribution in [2.24, 2.45) is 5.92 Å². The molecule has 1 amide bonds. The van der Waals surface area contributed by atoms with E-state index >= 15 is 0 Å². The zero-order valence-electron chi connectivity index (χ0n) is 12.6. The second kappa shape index (κ2) is 6.64. The lowest BCUT2D eigenvalue weighted by Gasteiger charge is -2.32. The minimum atomic E-state index is -0.788. The van der Waals surface area contributed by atoms with Crippen LogP contribution >= 0.6 is 0 Å². The molecule has 0 atom stereocenters. The number of hydrogen-bond donors (Lipinski definition) is 2. The van der Waals surface area contributed by atoms with E-state index in [1.165, 1.54) is 0 Å². The zero-order valence-corrected chi connectivity index (χ0v) is 12.6. The number of oxazole rings is 1. The van der Waals surface area contributed by atoms with E-state index < -0.39 is 5.97 Å². The first-order valence-corrected chi connectivity index (χ1v) is 7.64. The van der Waals surface area contributed by atoms with E-state index in [0.717, 1.165) is 5.56 Å². The predicted octanol–water partition coefficient (Wildman–Crippen LogP) is 2.25. The molecule has 0 saturated heterocycles. The van der Waals surface area contributed by atoms with Gasteiger partial charge in [0.25, 0.3) is 0 Å². The summed E-state index contributed by atoms with van der Waals surface area (Å²) < 4.78 is 5.65. The molecule has 1 aliphatic carbocycles. The summed E-state index contributed by atoms with van der Waals surface area (Å²) in [5.41, 5.74) is 0.949. The molecule has 1 heterocycles. The van der Waals surface area contributed by atoms with Crippen LogP contribution in [0.1, 0.15) is 25.2 Å². The van der Waals surface area contributed by atoms with Gasteiger partial charge in [0.2, 0.25) is 5.91 Å². The summed E-state index contributed by atoms with van der Waals surface area (Å²) in [6, 6.07) is 9.63. The highest BCUT2D eigenvalue weighted by atomic mass is 16.4. The molecule has 23 heavy (non-hydrogen) atoms. The van der Waals surface area contributed by atoms with Gasteiger partial charge in [0.15, 0.2) is 11.7 Å². The number of carbonyl (C=O) groups excluding carboxylic acids is 1. The molecule has 120 valence electrons. The Hall–Kier alpha value is -2.63. The minimum absolute atomic E-state index is 0.0203. The normalized spacial score (nSPS) is 19.8. The first-order valence-electron chi connectivity index (χ1n) is 7.64. The second-order valence-electron chi connectivity index (χ2n) is 5.76. The van der Waals surface area contributed by atoms with Crippen LogP contribution in [-0.2, 0) is 16.0 Å². The van der Waals surface area contributed by atoms with Crippen LogP contribution < -0.4 is 5.32 Å². The molecule has 0 radical (unpaired) electrons. The Morgan fingerprint density at radius 2 is 2.00 bits per heavy atom. The SMILES string of the molecule is O=C(CCc1ncc(-c2ccccc2)o1)NC1CC(C(=O)O)C1. The Morgan fingerprint density at radius 1 is 1.26 bits per heavy atom. The monoisotopic (exact) mass is 314 g/mol. The van der Waals surface area contributed by atoms with Crippen molar-refractivity contribution >= 4 is 11.9 Å². The quantitative estimate of drug-likeness (QED) is 0.853. The highest BCUT2D eigenvalue weighted by molar-refractivity contribution is 5.77. The fourth-order valence-electron chi connectivity index (χ4n) is 2.62. The number of benzene rings is 1. The maximum Gasteiger partial charge on any atom is 0.306 e. The van der Waals surface area contributed by atoms with Gasteiger partial charge in [-0.05, 0) is 12.8 Å². The fourth-order valence-corrected chi connectivity index (χ4v) is 2.62. The molecule has 6 nitrogen and oxygen atoms in total. The Morgan fingerprint density at radius 3 is 2.70 bits per heavy atom. The third kappa shape index (κ3) is 3.77. The van der Waals surface area contributed by atoms with Gasteiger partial charge < -0.3 is 14.8 Å². The van der Waals surface area contributed by atoms with Crippen molar-refractivity contribution in [1.29, 1.82) is 0 Å². The van der Waals surface area contributed by atoms with Crippen LogP contribution in [0.5, 0.6) is 0 Å². The van der Waals surface area contributed by atoms with E-state index in [1.807, 2.05) is 30.3 Å². The number of aryl methyl sites for hydroxylation is 1. The Bertz CT molecular complexity index is 690. The molecule has 1 saturated carbocycles. The van der Waals surface area contributed by atoms with Crippen LogP contribution in [0.2, 0.25) is 0 Å². The Balaban J connectivity index is 1.45. The number of carbonyl (C=O) groups is 2. The molecule has 1 fully saturated rings. The average molecular weight is 314 g/mol. The van der Waals surface area contributed by atoms with Crippen molar-refractivity contribution in [3.8, 4) is 11.3 Å². The first-order chi connectivity index (χ1) is 11.1. The van der Waals surface area contributed by atoms with Crippen LogP contribution in [0.4, 0.5) is 0 Å². The maximum absolute atomic E-state index is 11.8. The van der Waals surface area contributed by atoms with Gasteiger partial charge >= 0.3 is 5.97 Å². The van der Waals surface area contributed by atoms with Gasteiger partial charge in [-0.15, -0.1) is 0 Å². The van der Waals surface area contributed by atoms with Crippen molar-refractivity contribution in [3.63, 3.8) is 0 Å². The van der Waals surface area contributed by atoms with Crippen molar-refractivity contribution in [2.75, 3.05) is 0 Å². The average Bonchev–Trinajstić information content (AvgIpc) is 2.98. The van der Waals surface area contributed by atoms with E-state index in [9.17, 15) is 9.59 Å². The van der Waals surface area contributed by atoms with Crippen molar-refractivity contribution in [3.05, 3.63) is 42.4 Å². The first kappa shape index (κ1) is 15.3. The summed E-state index contributed by atoms with van der Waals surface area (Å²) in [5.74, 6) is 0.00261. The van der Waals surface area contributed by atoms with Gasteiger partial charge in [-0.2, -0.15) is 0 Å². The predicted molar refractivity (Wildman–Crippen MR) is 82.6 cm³/mol. The van der Waals surface area contributed by atoms with E-state index in [1.54, 1.807) is 6.20 Å². The number of rotatable bonds is 6. The number of carboxylic acid groups (broad SMARTS) is 1. The number of aromatic nitrogens is 1. The number of nitrogens with zero attached hydrogens (tertiary/aromatic N) is 1. The van der Waals surface area contributed by atoms with Crippen LogP contribution in [-0.4, -0.2) is 28.0 Å². The number of hydrogen-bond acceptors (Lipinski definition) is 4. The third-order valence-corrected chi connectivity index (χ3v) is 4.03. The molecule has 0 aliphatic heterocycles. The molecule has 2 aromatic rings. The number of aliphatic carboxylic acids is 1. The summed E-state index contributed by atoms with van der Waals surface area (Å²) >= 11 is 0. The van der Waals surface area contributed by atoms with Gasteiger partial charge in [0, 0.05) is 24.4 Å². The van der Waals surface area contributed by atoms with Gasteiger partial charge in [0.1, 0.15) is 0 Å². The number of carboxylic acids is 1. The second-order valence-corrected chi connectivity index (χ2v) is 5.76. The molecule has 1 aromatic carbocycles. The fraction of sp³-hybridized carbons (Fsp3) is 0.353. The minimum Gasteiger partial charge on any atom is -0.481 e. The number of amides is 1. The summed E-state index contributed by atoms with van der Waals surface area (Å²) in [6.07, 6.45) is 3.39. The largest absolute Gasteiger partial charge is 0.481 e. The zero-order chi connectivity index (χ0) is 16.2. The molecule has 1 aliphatic rings. The summed E-state index contributed by atoms with van der Waals surface area (Å²) in [5, 5.41) is 11.6. The summed E-state index contributed by atoms with van der Waals surface area (Å²) in [6.45, 7) is 0. The van der Waals surface area contributed by atoms with Crippen LogP contribution in [0.25, 0.3) is 11.3 Å². The lowest BCUT2D eigenvalue weighted by Crippen LogP contribution is -2.46. The Kier molecular flexibility index (Phi) is 4.41. The summed E-state index contributed by atoms with van der Waals surface area (Å²) in [4.78, 5) is 26.7. The van der Waals surface area contributed by atoms with E-state index in [-0.39, 0.29) is 24.3 Å². The van der Waals surface area contributed by atoms with E-state index in [2.05, 4.69) is 10.3 Å². The molecule has 0 unspecified atom stereocenters. The van der Waals surface area contributed by atoms with Crippen molar-refractivity contribution < 1.29 is 19.1 Å². The molecule has 0 spiro atoms. The van der Waals surface area contributed by atoms with Crippen LogP contribution in [0, 0.1) is 5.92 Å². The Labute approximate surface area is 133 Å². The topological polar surface area (TPSA) is 92.4 Å². The summed E-state index contributed by atoms with van der Waals surface area (Å²) in [7, 11) is 0. The lowest BCUT2D eigenvalue weighted by molar-refractivity contribution is -0.146.